The number of allylic oxidation sites excluding steroid dienone is 3. The fraction of sp³-hybridized carbons (Fsp3) is 0.710. The van der Waals surface area contributed by atoms with Crippen LogP contribution in [0, 0.1) is 17.3 Å². The van der Waals surface area contributed by atoms with Gasteiger partial charge in [-0.3, -0.25) is 9.63 Å². The molecule has 0 aromatic rings. The van der Waals surface area contributed by atoms with Gasteiger partial charge in [0.15, 0.2) is 8.32 Å². The molecule has 236 valence electrons. The topological polar surface area (TPSA) is 82.1 Å². The second-order valence-corrected chi connectivity index (χ2v) is 33.9. The number of rotatable bonds is 16. The number of amides is 1. The van der Waals surface area contributed by atoms with E-state index in [2.05, 4.69) is 75.4 Å². The number of hydrogen-bond acceptors (Lipinski definition) is 6. The second kappa shape index (κ2) is 17.1. The number of methoxy groups -OCH3 is 1. The summed E-state index contributed by atoms with van der Waals surface area (Å²) in [6.07, 6.45) is 6.91. The van der Waals surface area contributed by atoms with Gasteiger partial charge in [-0.05, 0) is 22.2 Å². The second-order valence-electron chi connectivity index (χ2n) is 14.0. The van der Waals surface area contributed by atoms with Crippen LogP contribution in [0.4, 0.5) is 0 Å². The molecule has 3 atom stereocenters. The average molecular weight is 812 g/mol. The van der Waals surface area contributed by atoms with Crippen molar-refractivity contribution >= 4 is 66.9 Å². The fourth-order valence-electron chi connectivity index (χ4n) is 3.93. The molecule has 1 amide bonds. The molecule has 7 nitrogen and oxygen atoms in total. The Morgan fingerprint density at radius 3 is 2.05 bits per heavy atom. The van der Waals surface area contributed by atoms with Gasteiger partial charge < -0.3 is 4.43 Å². The number of hydrogen-bond donors (Lipinski definition) is 0. The number of carbonyl (C=O) groups excluding carboxylic acids is 3. The van der Waals surface area contributed by atoms with Crippen molar-refractivity contribution in [3.8, 4) is 0 Å². The molecule has 0 aliphatic rings. The summed E-state index contributed by atoms with van der Waals surface area (Å²) >= 11 is -0.0905. The third-order valence-corrected chi connectivity index (χ3v) is 15.9. The van der Waals surface area contributed by atoms with E-state index in [-0.39, 0.29) is 23.1 Å². The Morgan fingerprint density at radius 1 is 1.05 bits per heavy atom. The number of ether oxygens (including phenoxy) is 1. The third kappa shape index (κ3) is 13.8. The zero-order chi connectivity index (χ0) is 32.4. The van der Waals surface area contributed by atoms with E-state index >= 15 is 0 Å². The van der Waals surface area contributed by atoms with Crippen LogP contribution in [0.3, 0.4) is 0 Å². The molecule has 0 aliphatic carbocycles. The molecule has 0 spiro atoms. The van der Waals surface area contributed by atoms with Gasteiger partial charge in [-0.25, -0.2) is 5.06 Å². The van der Waals surface area contributed by atoms with Crippen LogP contribution in [-0.2, 0) is 28.4 Å². The Hall–Kier alpha value is -0.504. The SMILES string of the molecule is COC(=O)C(C/C(C)=C/CC[C@H](C(=O)N(C)OC)[C@@H](/C=C/I)O[Si](C)(C)C(C)(C)C)C(=O)C(C)(C)/C=[CH]/[Sn]([CH3])([CH3])[CH3]. The van der Waals surface area contributed by atoms with Crippen LogP contribution in [-0.4, -0.2) is 76.8 Å². The Balaban J connectivity index is 6.07. The van der Waals surface area contributed by atoms with E-state index in [1.807, 2.05) is 43.1 Å². The van der Waals surface area contributed by atoms with Gasteiger partial charge in [-0.15, -0.1) is 0 Å². The fourth-order valence-corrected chi connectivity index (χ4v) is 8.23. The maximum absolute atomic E-state index is 13.5. The maximum atomic E-state index is 13.5. The van der Waals surface area contributed by atoms with Crippen LogP contribution >= 0.6 is 22.6 Å². The molecule has 41 heavy (non-hydrogen) atoms. The van der Waals surface area contributed by atoms with Crippen molar-refractivity contribution in [1.29, 1.82) is 0 Å². The molecule has 0 aromatic heterocycles. The zero-order valence-electron chi connectivity index (χ0n) is 28.0. The molecule has 0 heterocycles. The first-order chi connectivity index (χ1) is 18.5. The Labute approximate surface area is 269 Å². The molecule has 0 saturated carbocycles. The van der Waals surface area contributed by atoms with Gasteiger partial charge in [0.2, 0.25) is 0 Å². The Morgan fingerprint density at radius 2 is 1.61 bits per heavy atom. The monoisotopic (exact) mass is 813 g/mol. The van der Waals surface area contributed by atoms with Gasteiger partial charge >= 0.3 is 157 Å². The van der Waals surface area contributed by atoms with Crippen molar-refractivity contribution in [2.45, 2.75) is 99.9 Å². The number of Topliss-reactive ketones (excluding diaryl/α,β-unsaturated/α-hetero) is 1. The summed E-state index contributed by atoms with van der Waals surface area (Å²) in [4.78, 5) is 51.7. The minimum absolute atomic E-state index is 0.0177. The first-order valence-electron chi connectivity index (χ1n) is 14.3. The quantitative estimate of drug-likeness (QED) is 0.0394. The number of esters is 1. The minimum atomic E-state index is -2.25. The van der Waals surface area contributed by atoms with Crippen LogP contribution in [0.1, 0.15) is 60.8 Å². The molecule has 0 N–H and O–H groups in total. The molecule has 0 aromatic carbocycles. The number of carbonyl (C=O) groups is 3. The van der Waals surface area contributed by atoms with E-state index in [4.69, 9.17) is 14.0 Å². The molecular weight excluding hydrogens is 756 g/mol. The summed E-state index contributed by atoms with van der Waals surface area (Å²) in [5.41, 5.74) is 0.132. The van der Waals surface area contributed by atoms with Crippen molar-refractivity contribution in [1.82, 2.24) is 5.06 Å². The van der Waals surface area contributed by atoms with Crippen LogP contribution in [0.2, 0.25) is 33.0 Å². The summed E-state index contributed by atoms with van der Waals surface area (Å²) in [6.45, 7) is 16.5. The first-order valence-corrected chi connectivity index (χ1v) is 28.7. The molecule has 0 fully saturated rings. The summed E-state index contributed by atoms with van der Waals surface area (Å²) in [5.74, 6) is -2.17. The van der Waals surface area contributed by atoms with Crippen molar-refractivity contribution in [2.24, 2.45) is 17.3 Å². The zero-order valence-corrected chi connectivity index (χ0v) is 34.0. The van der Waals surface area contributed by atoms with E-state index in [0.29, 0.717) is 12.8 Å². The van der Waals surface area contributed by atoms with E-state index in [9.17, 15) is 14.4 Å². The molecule has 0 radical (unpaired) electrons. The van der Waals surface area contributed by atoms with Crippen LogP contribution in [0.5, 0.6) is 0 Å². The predicted octanol–water partition coefficient (Wildman–Crippen LogP) is 7.90. The van der Waals surface area contributed by atoms with Crippen molar-refractivity contribution in [2.75, 3.05) is 21.3 Å². The summed E-state index contributed by atoms with van der Waals surface area (Å²) in [6, 6.07) is 0. The average Bonchev–Trinajstić information content (AvgIpc) is 2.85. The van der Waals surface area contributed by atoms with Crippen LogP contribution < -0.4 is 0 Å². The van der Waals surface area contributed by atoms with Gasteiger partial charge in [0.05, 0.1) is 7.11 Å². The number of nitrogens with zero attached hydrogens (tertiary/aromatic N) is 1. The Bertz CT molecular complexity index is 978. The first kappa shape index (κ1) is 40.5. The van der Waals surface area contributed by atoms with Crippen molar-refractivity contribution in [3.63, 3.8) is 0 Å². The predicted molar refractivity (Wildman–Crippen MR) is 183 cm³/mol. The van der Waals surface area contributed by atoms with Gasteiger partial charge in [-0.1, -0.05) is 49.4 Å². The summed E-state index contributed by atoms with van der Waals surface area (Å²) < 4.78 is 15.9. The normalized spacial score (nSPS) is 16.1. The van der Waals surface area contributed by atoms with Gasteiger partial charge in [0.1, 0.15) is 0 Å². The van der Waals surface area contributed by atoms with Gasteiger partial charge in [-0.2, -0.15) is 0 Å². The van der Waals surface area contributed by atoms with E-state index < -0.39 is 56.0 Å². The Kier molecular flexibility index (Phi) is 16.9. The molecule has 0 aliphatic heterocycles. The standard InChI is InChI=1S/C28H47INO6Si.3CH3.Sn/c1-13-28(6,7)24(31)22(26(33)34-9)19-20(2)15-14-16-21(25(32)30(8)35-10)23(17-18-29)36-37(11,12)27(3,4)5;;;;/h1,13,15,17-18,21-23H,14,16,19H2,2-12H3;3*1H3;/b13-1?,18-17+,20-15+;;;;/t21-,22?,23+;;;;/m0..../s1. The number of ketones is 1. The van der Waals surface area contributed by atoms with Gasteiger partial charge in [0.25, 0.3) is 0 Å². The summed E-state index contributed by atoms with van der Waals surface area (Å²) in [7, 11) is 2.23. The van der Waals surface area contributed by atoms with Crippen LogP contribution in [0.25, 0.3) is 0 Å². The van der Waals surface area contributed by atoms with E-state index in [1.165, 1.54) is 19.3 Å². The summed E-state index contributed by atoms with van der Waals surface area (Å²) in [5, 5.41) is 1.24. The molecular formula is C31H56INO6SiSn. The van der Waals surface area contributed by atoms with E-state index in [1.54, 1.807) is 7.05 Å². The molecule has 1 unspecified atom stereocenters. The molecule has 10 heteroatoms. The van der Waals surface area contributed by atoms with Crippen LogP contribution in [0.15, 0.2) is 32.0 Å². The van der Waals surface area contributed by atoms with E-state index in [0.717, 1.165) is 5.57 Å². The van der Waals surface area contributed by atoms with Crippen molar-refractivity contribution in [3.05, 3.63) is 32.0 Å². The van der Waals surface area contributed by atoms with Gasteiger partial charge in [0, 0.05) is 7.05 Å². The number of halogens is 1. The third-order valence-electron chi connectivity index (χ3n) is 7.73. The molecule has 0 saturated heterocycles. The number of hydroxylamine groups is 2. The van der Waals surface area contributed by atoms with Crippen molar-refractivity contribution < 1.29 is 28.4 Å². The molecule has 0 rings (SSSR count). The molecule has 0 bridgehead atoms.